The second-order valence-electron chi connectivity index (χ2n) is 10.5. The summed E-state index contributed by atoms with van der Waals surface area (Å²) in [6.45, 7) is 8.10. The fourth-order valence-electron chi connectivity index (χ4n) is 5.57. The van der Waals surface area contributed by atoms with Gasteiger partial charge in [-0.25, -0.2) is 0 Å². The van der Waals surface area contributed by atoms with Crippen molar-refractivity contribution in [2.75, 3.05) is 46.6 Å². The second kappa shape index (κ2) is 9.75. The maximum Gasteiger partial charge on any atom is 0.163 e. The number of benzene rings is 2. The van der Waals surface area contributed by atoms with Crippen LogP contribution >= 0.6 is 0 Å². The lowest BCUT2D eigenvalue weighted by atomic mass is 9.77. The van der Waals surface area contributed by atoms with Gasteiger partial charge >= 0.3 is 0 Å². The van der Waals surface area contributed by atoms with Gasteiger partial charge in [-0.15, -0.1) is 0 Å². The van der Waals surface area contributed by atoms with E-state index in [2.05, 4.69) is 35.0 Å². The Labute approximate surface area is 212 Å². The zero-order chi connectivity index (χ0) is 24.5. The summed E-state index contributed by atoms with van der Waals surface area (Å²) >= 11 is 0. The standard InChI is InChI=1S/C30H34N2O4/c1-21-14-22-4-5-24(16-23(22)15-21)36-27-6-9-31-26-18-29(28(33-2)17-25(26)27)35-13-3-10-32-11-7-30(8-12-32)19-34-20-30/h4-6,9,15-18H,3,7-8,10-14,19-20H2,1-2H3. The molecule has 6 nitrogen and oxygen atoms in total. The number of allylic oxidation sites excluding steroid dienone is 1. The van der Waals surface area contributed by atoms with Crippen LogP contribution in [0.1, 0.15) is 37.3 Å². The zero-order valence-electron chi connectivity index (χ0n) is 21.2. The predicted octanol–water partition coefficient (Wildman–Crippen LogP) is 5.88. The molecule has 2 aromatic carbocycles. The highest BCUT2D eigenvalue weighted by Crippen LogP contribution is 2.39. The van der Waals surface area contributed by atoms with Crippen molar-refractivity contribution in [3.8, 4) is 23.0 Å². The van der Waals surface area contributed by atoms with Gasteiger partial charge in [-0.2, -0.15) is 0 Å². The van der Waals surface area contributed by atoms with E-state index in [4.69, 9.17) is 18.9 Å². The van der Waals surface area contributed by atoms with Crippen molar-refractivity contribution in [1.82, 2.24) is 9.88 Å². The van der Waals surface area contributed by atoms with Crippen LogP contribution < -0.4 is 14.2 Å². The third-order valence-corrected chi connectivity index (χ3v) is 7.81. The van der Waals surface area contributed by atoms with Crippen molar-refractivity contribution in [1.29, 1.82) is 0 Å². The van der Waals surface area contributed by atoms with E-state index < -0.39 is 0 Å². The Balaban J connectivity index is 1.11. The van der Waals surface area contributed by atoms with Crippen molar-refractivity contribution in [2.24, 2.45) is 5.41 Å². The Morgan fingerprint density at radius 1 is 1.03 bits per heavy atom. The van der Waals surface area contributed by atoms with Gasteiger partial charge in [0.25, 0.3) is 0 Å². The highest BCUT2D eigenvalue weighted by Gasteiger charge is 2.40. The van der Waals surface area contributed by atoms with Gasteiger partial charge in [0.05, 0.1) is 32.4 Å². The minimum Gasteiger partial charge on any atom is -0.493 e. The topological polar surface area (TPSA) is 53.0 Å². The molecule has 6 rings (SSSR count). The van der Waals surface area contributed by atoms with E-state index in [0.717, 1.165) is 73.8 Å². The molecule has 2 saturated heterocycles. The Bertz CT molecular complexity index is 1290. The first-order valence-electron chi connectivity index (χ1n) is 13.0. The molecule has 3 heterocycles. The molecule has 188 valence electrons. The quantitative estimate of drug-likeness (QED) is 0.371. The van der Waals surface area contributed by atoms with E-state index in [1.807, 2.05) is 24.3 Å². The van der Waals surface area contributed by atoms with E-state index in [9.17, 15) is 0 Å². The molecular formula is C30H34N2O4. The Morgan fingerprint density at radius 3 is 2.67 bits per heavy atom. The van der Waals surface area contributed by atoms with Crippen molar-refractivity contribution < 1.29 is 18.9 Å². The van der Waals surface area contributed by atoms with Crippen LogP contribution in [0, 0.1) is 5.41 Å². The molecule has 1 aliphatic carbocycles. The molecule has 1 aromatic heterocycles. The van der Waals surface area contributed by atoms with E-state index >= 15 is 0 Å². The number of nitrogens with zero attached hydrogens (tertiary/aromatic N) is 2. The molecule has 6 heteroatoms. The lowest BCUT2D eigenvalue weighted by Crippen LogP contribution is -2.51. The third-order valence-electron chi connectivity index (χ3n) is 7.81. The molecule has 3 aliphatic rings. The van der Waals surface area contributed by atoms with E-state index in [1.54, 1.807) is 13.3 Å². The fraction of sp³-hybridized carbons (Fsp3) is 0.433. The first-order chi connectivity index (χ1) is 17.6. The summed E-state index contributed by atoms with van der Waals surface area (Å²) in [6.07, 6.45) is 8.51. The van der Waals surface area contributed by atoms with Gasteiger partial charge in [0.15, 0.2) is 11.5 Å². The lowest BCUT2D eigenvalue weighted by Gasteiger charge is -2.47. The second-order valence-corrected chi connectivity index (χ2v) is 10.5. The molecule has 0 radical (unpaired) electrons. The number of likely N-dealkylation sites (tertiary alicyclic amines) is 1. The molecule has 0 bridgehead atoms. The molecule has 0 amide bonds. The molecule has 2 aliphatic heterocycles. The van der Waals surface area contributed by atoms with Gasteiger partial charge in [0.2, 0.25) is 0 Å². The fourth-order valence-corrected chi connectivity index (χ4v) is 5.57. The van der Waals surface area contributed by atoms with E-state index in [1.165, 1.54) is 29.5 Å². The molecule has 0 N–H and O–H groups in total. The molecule has 3 aromatic rings. The molecule has 36 heavy (non-hydrogen) atoms. The van der Waals surface area contributed by atoms with Gasteiger partial charge in [0, 0.05) is 29.6 Å². The number of piperidine rings is 1. The number of hydrogen-bond acceptors (Lipinski definition) is 6. The number of ether oxygens (including phenoxy) is 4. The number of methoxy groups -OCH3 is 1. The van der Waals surface area contributed by atoms with Crippen LogP contribution in [0.25, 0.3) is 17.0 Å². The first-order valence-corrected chi connectivity index (χ1v) is 13.0. The highest BCUT2D eigenvalue weighted by molar-refractivity contribution is 5.88. The van der Waals surface area contributed by atoms with Gasteiger partial charge in [-0.05, 0) is 81.1 Å². The number of hydrogen-bond donors (Lipinski definition) is 0. The van der Waals surface area contributed by atoms with Crippen LogP contribution in [0.4, 0.5) is 0 Å². The first kappa shape index (κ1) is 23.3. The smallest absolute Gasteiger partial charge is 0.163 e. The van der Waals surface area contributed by atoms with E-state index in [0.29, 0.717) is 17.8 Å². The molecule has 2 fully saturated rings. The summed E-state index contributed by atoms with van der Waals surface area (Å²) in [4.78, 5) is 7.12. The van der Waals surface area contributed by atoms with Gasteiger partial charge in [-0.1, -0.05) is 17.7 Å². The van der Waals surface area contributed by atoms with Crippen LogP contribution in [-0.4, -0.2) is 56.4 Å². The van der Waals surface area contributed by atoms with Crippen LogP contribution in [0.5, 0.6) is 23.0 Å². The number of aromatic nitrogens is 1. The lowest BCUT2D eigenvalue weighted by molar-refractivity contribution is -0.139. The normalized spacial score (nSPS) is 18.6. The van der Waals surface area contributed by atoms with Crippen LogP contribution in [0.3, 0.4) is 0 Å². The summed E-state index contributed by atoms with van der Waals surface area (Å²) in [6, 6.07) is 12.1. The largest absolute Gasteiger partial charge is 0.493 e. The summed E-state index contributed by atoms with van der Waals surface area (Å²) in [5, 5.41) is 0.899. The minimum atomic E-state index is 0.484. The Morgan fingerprint density at radius 2 is 1.89 bits per heavy atom. The van der Waals surface area contributed by atoms with Gasteiger partial charge < -0.3 is 23.8 Å². The highest BCUT2D eigenvalue weighted by atomic mass is 16.5. The Kier molecular flexibility index (Phi) is 6.32. The number of rotatable bonds is 8. The van der Waals surface area contributed by atoms with Crippen LogP contribution in [-0.2, 0) is 11.2 Å². The average Bonchev–Trinajstić information content (AvgIpc) is 3.25. The van der Waals surface area contributed by atoms with Crippen LogP contribution in [0.15, 0.2) is 48.2 Å². The van der Waals surface area contributed by atoms with Gasteiger partial charge in [-0.3, -0.25) is 4.98 Å². The molecule has 1 spiro atoms. The molecule has 0 unspecified atom stereocenters. The zero-order valence-corrected chi connectivity index (χ0v) is 21.2. The Hall–Kier alpha value is -3.09. The average molecular weight is 487 g/mol. The summed E-state index contributed by atoms with van der Waals surface area (Å²) < 4.78 is 23.6. The van der Waals surface area contributed by atoms with Crippen molar-refractivity contribution in [3.05, 3.63) is 59.3 Å². The van der Waals surface area contributed by atoms with E-state index in [-0.39, 0.29) is 0 Å². The maximum absolute atomic E-state index is 6.31. The molecular weight excluding hydrogens is 452 g/mol. The third kappa shape index (κ3) is 4.67. The number of pyridine rings is 1. The van der Waals surface area contributed by atoms with Crippen LogP contribution in [0.2, 0.25) is 0 Å². The molecule has 0 atom stereocenters. The summed E-state index contributed by atoms with van der Waals surface area (Å²) in [7, 11) is 1.67. The predicted molar refractivity (Wildman–Crippen MR) is 141 cm³/mol. The monoisotopic (exact) mass is 486 g/mol. The number of fused-ring (bicyclic) bond motifs is 2. The maximum atomic E-state index is 6.31. The van der Waals surface area contributed by atoms with Crippen molar-refractivity contribution >= 4 is 17.0 Å². The molecule has 0 saturated carbocycles. The van der Waals surface area contributed by atoms with Crippen molar-refractivity contribution in [2.45, 2.75) is 32.6 Å². The minimum absolute atomic E-state index is 0.484. The SMILES string of the molecule is COc1cc2c(Oc3ccc4c(c3)C=C(C)C4)ccnc2cc1OCCCN1CCC2(CC1)COC2. The summed E-state index contributed by atoms with van der Waals surface area (Å²) in [5.41, 5.74) is 5.27. The van der Waals surface area contributed by atoms with Gasteiger partial charge in [0.1, 0.15) is 11.5 Å². The van der Waals surface area contributed by atoms with Crippen molar-refractivity contribution in [3.63, 3.8) is 0 Å². The summed E-state index contributed by atoms with van der Waals surface area (Å²) in [5.74, 6) is 2.98.